The number of hydrogen-bond acceptors (Lipinski definition) is 3. The molecule has 1 atom stereocenters. The lowest BCUT2D eigenvalue weighted by Gasteiger charge is -2.13. The number of aryl methyl sites for hydroxylation is 1. The molecule has 0 radical (unpaired) electrons. The monoisotopic (exact) mass is 361 g/mol. The van der Waals surface area contributed by atoms with Crippen LogP contribution in [0.1, 0.15) is 33.1 Å². The Hall–Kier alpha value is -2.37. The van der Waals surface area contributed by atoms with Gasteiger partial charge in [-0.3, -0.25) is 9.59 Å². The maximum atomic E-state index is 12.1. The van der Waals surface area contributed by atoms with E-state index in [0.29, 0.717) is 18.5 Å². The lowest BCUT2D eigenvalue weighted by Crippen LogP contribution is -2.35. The van der Waals surface area contributed by atoms with Gasteiger partial charge in [0.15, 0.2) is 0 Å². The van der Waals surface area contributed by atoms with Gasteiger partial charge >= 0.3 is 0 Å². The molecule has 0 fully saturated rings. The number of nitrogens with one attached hydrogen (secondary N) is 2. The fraction of sp³-hybridized carbons (Fsp3) is 0.263. The molecule has 0 heterocycles. The predicted octanol–water partition coefficient (Wildman–Crippen LogP) is 2.14. The highest BCUT2D eigenvalue weighted by atomic mass is 35.5. The van der Waals surface area contributed by atoms with E-state index in [4.69, 9.17) is 5.73 Å². The first-order valence-corrected chi connectivity index (χ1v) is 7.92. The Bertz CT molecular complexity index is 717. The van der Waals surface area contributed by atoms with E-state index < -0.39 is 6.04 Å². The molecule has 25 heavy (non-hydrogen) atoms. The molecular weight excluding hydrogens is 338 g/mol. The van der Waals surface area contributed by atoms with Crippen molar-refractivity contribution in [2.75, 3.05) is 13.6 Å². The van der Waals surface area contributed by atoms with Gasteiger partial charge in [0.2, 0.25) is 5.91 Å². The lowest BCUT2D eigenvalue weighted by molar-refractivity contribution is -0.122. The van der Waals surface area contributed by atoms with Gasteiger partial charge in [0, 0.05) is 19.2 Å². The van der Waals surface area contributed by atoms with Crippen LogP contribution < -0.4 is 16.4 Å². The van der Waals surface area contributed by atoms with Crippen LogP contribution in [0.2, 0.25) is 0 Å². The first-order chi connectivity index (χ1) is 11.5. The molecule has 5 nitrogen and oxygen atoms in total. The van der Waals surface area contributed by atoms with Crippen LogP contribution in [-0.2, 0) is 11.2 Å². The number of carbonyl (C=O) groups excluding carboxylic acids is 2. The van der Waals surface area contributed by atoms with Crippen LogP contribution in [0.3, 0.4) is 0 Å². The summed E-state index contributed by atoms with van der Waals surface area (Å²) in [6.07, 6.45) is 0.636. The predicted molar refractivity (Wildman–Crippen MR) is 102 cm³/mol. The van der Waals surface area contributed by atoms with Crippen LogP contribution >= 0.6 is 12.4 Å². The molecular formula is C19H24ClN3O2. The van der Waals surface area contributed by atoms with E-state index in [1.54, 1.807) is 13.1 Å². The smallest absolute Gasteiger partial charge is 0.251 e. The topological polar surface area (TPSA) is 84.2 Å². The number of benzene rings is 2. The molecule has 0 aliphatic rings. The van der Waals surface area contributed by atoms with E-state index in [0.717, 1.165) is 16.7 Å². The number of nitrogens with two attached hydrogens (primary N) is 1. The molecule has 0 saturated heterocycles. The fourth-order valence-corrected chi connectivity index (χ4v) is 2.38. The van der Waals surface area contributed by atoms with Crippen molar-refractivity contribution in [3.05, 3.63) is 70.8 Å². The van der Waals surface area contributed by atoms with Gasteiger partial charge in [0.25, 0.3) is 5.91 Å². The lowest BCUT2D eigenvalue weighted by atomic mass is 10.0. The molecule has 2 aromatic rings. The van der Waals surface area contributed by atoms with E-state index >= 15 is 0 Å². The third-order valence-corrected chi connectivity index (χ3v) is 3.85. The molecule has 0 saturated carbocycles. The van der Waals surface area contributed by atoms with Crippen LogP contribution in [0.25, 0.3) is 0 Å². The molecule has 0 bridgehead atoms. The van der Waals surface area contributed by atoms with Gasteiger partial charge in [-0.2, -0.15) is 0 Å². The zero-order chi connectivity index (χ0) is 17.5. The van der Waals surface area contributed by atoms with Crippen LogP contribution in [0.15, 0.2) is 48.5 Å². The number of amides is 2. The number of rotatable bonds is 6. The first kappa shape index (κ1) is 20.7. The molecule has 0 spiro atoms. The van der Waals surface area contributed by atoms with Gasteiger partial charge in [0.05, 0.1) is 0 Å². The fourth-order valence-electron chi connectivity index (χ4n) is 2.38. The maximum Gasteiger partial charge on any atom is 0.251 e. The molecule has 1 unspecified atom stereocenters. The van der Waals surface area contributed by atoms with E-state index in [9.17, 15) is 9.59 Å². The Labute approximate surface area is 154 Å². The molecule has 2 amide bonds. The summed E-state index contributed by atoms with van der Waals surface area (Å²) >= 11 is 0. The first-order valence-electron chi connectivity index (χ1n) is 7.92. The van der Waals surface area contributed by atoms with Crippen molar-refractivity contribution >= 4 is 24.2 Å². The highest BCUT2D eigenvalue weighted by Crippen LogP contribution is 2.11. The highest BCUT2D eigenvalue weighted by molar-refractivity contribution is 5.94. The van der Waals surface area contributed by atoms with Gasteiger partial charge < -0.3 is 16.4 Å². The summed E-state index contributed by atoms with van der Waals surface area (Å²) in [6.45, 7) is 2.46. The average molecular weight is 362 g/mol. The maximum absolute atomic E-state index is 12.1. The van der Waals surface area contributed by atoms with Crippen molar-refractivity contribution in [2.45, 2.75) is 19.4 Å². The molecule has 0 aliphatic heterocycles. The average Bonchev–Trinajstić information content (AvgIpc) is 2.61. The van der Waals surface area contributed by atoms with E-state index in [1.165, 1.54) is 0 Å². The number of hydrogen-bond donors (Lipinski definition) is 3. The summed E-state index contributed by atoms with van der Waals surface area (Å²) in [5.41, 5.74) is 9.50. The van der Waals surface area contributed by atoms with Crippen LogP contribution in [-0.4, -0.2) is 25.4 Å². The SMILES string of the molecule is CNC(=O)c1cccc(CCNC(=O)C(N)c2ccc(C)cc2)c1.Cl. The van der Waals surface area contributed by atoms with Gasteiger partial charge in [0.1, 0.15) is 6.04 Å². The van der Waals surface area contributed by atoms with Gasteiger partial charge in [-0.25, -0.2) is 0 Å². The van der Waals surface area contributed by atoms with Crippen molar-refractivity contribution in [1.82, 2.24) is 10.6 Å². The standard InChI is InChI=1S/C19H23N3O2.ClH/c1-13-6-8-15(9-7-13)17(20)19(24)22-11-10-14-4-3-5-16(12-14)18(23)21-2;/h3-9,12,17H,10-11,20H2,1-2H3,(H,21,23)(H,22,24);1H. The summed E-state index contributed by atoms with van der Waals surface area (Å²) in [5, 5.41) is 5.44. The Morgan fingerprint density at radius 3 is 2.44 bits per heavy atom. The van der Waals surface area contributed by atoms with Crippen LogP contribution in [0.4, 0.5) is 0 Å². The third kappa shape index (κ3) is 5.89. The zero-order valence-corrected chi connectivity index (χ0v) is 15.2. The molecule has 0 aliphatic carbocycles. The van der Waals surface area contributed by atoms with Gasteiger partial charge in [-0.15, -0.1) is 12.4 Å². The Morgan fingerprint density at radius 1 is 1.12 bits per heavy atom. The second kappa shape index (κ2) is 9.81. The molecule has 4 N–H and O–H groups in total. The normalized spacial score (nSPS) is 11.2. The van der Waals surface area contributed by atoms with Crippen molar-refractivity contribution in [2.24, 2.45) is 5.73 Å². The quantitative estimate of drug-likeness (QED) is 0.737. The van der Waals surface area contributed by atoms with Crippen LogP contribution in [0, 0.1) is 6.92 Å². The summed E-state index contributed by atoms with van der Waals surface area (Å²) < 4.78 is 0. The summed E-state index contributed by atoms with van der Waals surface area (Å²) in [4.78, 5) is 23.8. The van der Waals surface area contributed by atoms with E-state index in [2.05, 4.69) is 10.6 Å². The minimum absolute atomic E-state index is 0. The van der Waals surface area contributed by atoms with Crippen molar-refractivity contribution in [3.63, 3.8) is 0 Å². The second-order valence-corrected chi connectivity index (χ2v) is 5.71. The van der Waals surface area contributed by atoms with Crippen molar-refractivity contribution in [3.8, 4) is 0 Å². The minimum Gasteiger partial charge on any atom is -0.355 e. The zero-order valence-electron chi connectivity index (χ0n) is 14.4. The molecule has 0 aromatic heterocycles. The highest BCUT2D eigenvalue weighted by Gasteiger charge is 2.14. The third-order valence-electron chi connectivity index (χ3n) is 3.85. The van der Waals surface area contributed by atoms with E-state index in [-0.39, 0.29) is 24.2 Å². The molecule has 2 aromatic carbocycles. The second-order valence-electron chi connectivity index (χ2n) is 5.71. The van der Waals surface area contributed by atoms with Crippen molar-refractivity contribution in [1.29, 1.82) is 0 Å². The van der Waals surface area contributed by atoms with E-state index in [1.807, 2.05) is 49.4 Å². The summed E-state index contributed by atoms with van der Waals surface area (Å²) in [5.74, 6) is -0.330. The van der Waals surface area contributed by atoms with Crippen LogP contribution in [0.5, 0.6) is 0 Å². The molecule has 6 heteroatoms. The molecule has 134 valence electrons. The Balaban J connectivity index is 0.00000312. The van der Waals surface area contributed by atoms with Crippen molar-refractivity contribution < 1.29 is 9.59 Å². The minimum atomic E-state index is -0.678. The largest absolute Gasteiger partial charge is 0.355 e. The number of carbonyl (C=O) groups is 2. The summed E-state index contributed by atoms with van der Waals surface area (Å²) in [7, 11) is 1.60. The van der Waals surface area contributed by atoms with Gasteiger partial charge in [-0.1, -0.05) is 42.0 Å². The van der Waals surface area contributed by atoms with Gasteiger partial charge in [-0.05, 0) is 36.6 Å². The Morgan fingerprint density at radius 2 is 1.80 bits per heavy atom. The summed E-state index contributed by atoms with van der Waals surface area (Å²) in [6, 6.07) is 14.3. The Kier molecular flexibility index (Phi) is 8.11. The molecule has 2 rings (SSSR count). The number of halogens is 1.